The predicted molar refractivity (Wildman–Crippen MR) is 223 cm³/mol. The molecule has 4 heterocycles. The van der Waals surface area contributed by atoms with E-state index in [4.69, 9.17) is 24.2 Å². The van der Waals surface area contributed by atoms with Crippen LogP contribution >= 0.6 is 11.3 Å². The van der Waals surface area contributed by atoms with Gasteiger partial charge in [-0.3, -0.25) is 19.1 Å². The molecule has 4 aliphatic rings. The van der Waals surface area contributed by atoms with E-state index in [9.17, 15) is 27.6 Å². The second-order valence-electron chi connectivity index (χ2n) is 16.3. The maximum atomic E-state index is 14.7. The van der Waals surface area contributed by atoms with Crippen LogP contribution in [0.1, 0.15) is 84.5 Å². The molecule has 1 aromatic carbocycles. The Balaban J connectivity index is 1.22. The first-order chi connectivity index (χ1) is 28.2. The summed E-state index contributed by atoms with van der Waals surface area (Å²) in [4.78, 5) is 67.0. The number of hydrogen-bond donors (Lipinski definition) is 4. The molecule has 0 spiro atoms. The van der Waals surface area contributed by atoms with Gasteiger partial charge in [0.25, 0.3) is 5.91 Å². The summed E-state index contributed by atoms with van der Waals surface area (Å²) in [5.74, 6) is -1.36. The maximum Gasteiger partial charge on any atom is 0.408 e. The van der Waals surface area contributed by atoms with Crippen molar-refractivity contribution in [3.63, 3.8) is 0 Å². The molecular weight excluding hydrogens is 799 g/mol. The third kappa shape index (κ3) is 10.1. The van der Waals surface area contributed by atoms with Gasteiger partial charge in [0.05, 0.1) is 31.1 Å². The molecule has 16 nitrogen and oxygen atoms in total. The average molecular weight is 852 g/mol. The highest BCUT2D eigenvalue weighted by Gasteiger charge is 2.61. The number of allylic oxidation sites excluding steroid dienone is 1. The zero-order valence-electron chi connectivity index (χ0n) is 33.8. The standard InChI is InChI=1S/C41H53N7O9S2/c1-24(2)42-39-44-33(23-58-39)32-20-35(29-17-16-27(55-3)18-31(29)43-32)56-28-19-34-36(49)46-41(38(51)47-59(4,53)54)21-25(41)12-8-6-5-7-9-15-30(37(50)48(34)22-28)45-40(52)57-26-13-10-11-14-26/h8,12,16-18,20,23-26,28,30,34H,5-7,9-11,13-15,19,21-22H2,1-4H3,(H,42,44)(H,45,52)(H,46,49)(H,47,51)/b12-8-/t25-,28+,30-,34-,41+/m0/s1. The number of nitrogens with zero attached hydrogens (tertiary/aromatic N) is 3. The van der Waals surface area contributed by atoms with Crippen LogP contribution in [0.5, 0.6) is 11.5 Å². The van der Waals surface area contributed by atoms with Gasteiger partial charge in [-0.15, -0.1) is 11.3 Å². The Hall–Kier alpha value is -4.97. The molecule has 1 saturated heterocycles. The number of aromatic nitrogens is 2. The number of benzene rings is 1. The summed E-state index contributed by atoms with van der Waals surface area (Å²) in [5.41, 5.74) is 0.235. The van der Waals surface area contributed by atoms with Crippen LogP contribution in [0.25, 0.3) is 22.3 Å². The Kier molecular flexibility index (Phi) is 12.7. The molecule has 2 aliphatic heterocycles. The number of methoxy groups -OCH3 is 1. The lowest BCUT2D eigenvalue weighted by Crippen LogP contribution is -2.58. The number of carbonyl (C=O) groups excluding carboxylic acids is 4. The Labute approximate surface area is 348 Å². The van der Waals surface area contributed by atoms with Crippen LogP contribution in [-0.4, -0.2) is 103 Å². The van der Waals surface area contributed by atoms with Gasteiger partial charge in [-0.1, -0.05) is 25.0 Å². The molecule has 0 bridgehead atoms. The largest absolute Gasteiger partial charge is 0.497 e. The highest BCUT2D eigenvalue weighted by molar-refractivity contribution is 7.89. The first-order valence-corrected chi connectivity index (χ1v) is 23.1. The number of hydrogen-bond acceptors (Lipinski definition) is 13. The minimum Gasteiger partial charge on any atom is -0.497 e. The first-order valence-electron chi connectivity index (χ1n) is 20.4. The summed E-state index contributed by atoms with van der Waals surface area (Å²) in [5, 5.41) is 12.3. The number of amides is 4. The predicted octanol–water partition coefficient (Wildman–Crippen LogP) is 5.04. The molecule has 5 atom stereocenters. The number of pyridine rings is 1. The van der Waals surface area contributed by atoms with E-state index in [0.717, 1.165) is 49.9 Å². The molecule has 2 aliphatic carbocycles. The quantitative estimate of drug-likeness (QED) is 0.198. The van der Waals surface area contributed by atoms with Crippen LogP contribution in [0.2, 0.25) is 0 Å². The molecule has 3 aromatic rings. The second-order valence-corrected chi connectivity index (χ2v) is 18.9. The van der Waals surface area contributed by atoms with Gasteiger partial charge in [0.2, 0.25) is 21.8 Å². The van der Waals surface area contributed by atoms with E-state index in [2.05, 4.69) is 20.7 Å². The number of anilines is 1. The molecule has 7 rings (SSSR count). The third-order valence-corrected chi connectivity index (χ3v) is 12.6. The van der Waals surface area contributed by atoms with Crippen LogP contribution in [0, 0.1) is 5.92 Å². The number of thiazole rings is 1. The highest BCUT2D eigenvalue weighted by Crippen LogP contribution is 2.46. The van der Waals surface area contributed by atoms with Gasteiger partial charge in [0, 0.05) is 41.3 Å². The molecule has 318 valence electrons. The Bertz CT molecular complexity index is 2210. The van der Waals surface area contributed by atoms with Crippen LogP contribution in [0.3, 0.4) is 0 Å². The van der Waals surface area contributed by atoms with Crippen molar-refractivity contribution in [1.29, 1.82) is 0 Å². The molecular formula is C41H53N7O9S2. The van der Waals surface area contributed by atoms with E-state index in [1.807, 2.05) is 37.4 Å². The topological polar surface area (TPSA) is 207 Å². The van der Waals surface area contributed by atoms with Crippen LogP contribution < -0.4 is 30.1 Å². The van der Waals surface area contributed by atoms with E-state index in [0.29, 0.717) is 53.1 Å². The summed E-state index contributed by atoms with van der Waals surface area (Å²) < 4.78 is 44.4. The maximum absolute atomic E-state index is 14.7. The fourth-order valence-electron chi connectivity index (χ4n) is 8.17. The van der Waals surface area contributed by atoms with Crippen molar-refractivity contribution in [3.05, 3.63) is 41.8 Å². The van der Waals surface area contributed by atoms with Crippen molar-refractivity contribution >= 4 is 61.2 Å². The number of ether oxygens (including phenoxy) is 3. The van der Waals surface area contributed by atoms with Gasteiger partial charge in [0.1, 0.15) is 47.0 Å². The summed E-state index contributed by atoms with van der Waals surface area (Å²) in [7, 11) is -2.38. The Morgan fingerprint density at radius 2 is 1.80 bits per heavy atom. The number of carbonyl (C=O) groups is 4. The van der Waals surface area contributed by atoms with E-state index in [1.165, 1.54) is 16.2 Å². The molecule has 2 aromatic heterocycles. The van der Waals surface area contributed by atoms with Crippen molar-refractivity contribution in [2.75, 3.05) is 25.2 Å². The molecule has 0 radical (unpaired) electrons. The summed E-state index contributed by atoms with van der Waals surface area (Å²) >= 11 is 1.45. The van der Waals surface area contributed by atoms with Crippen LogP contribution in [0.4, 0.5) is 9.93 Å². The summed E-state index contributed by atoms with van der Waals surface area (Å²) in [6.07, 6.45) is 9.93. The molecule has 18 heteroatoms. The van der Waals surface area contributed by atoms with Crippen molar-refractivity contribution in [3.8, 4) is 22.9 Å². The normalized spacial score (nSPS) is 25.9. The van der Waals surface area contributed by atoms with E-state index < -0.39 is 63.5 Å². The van der Waals surface area contributed by atoms with Gasteiger partial charge < -0.3 is 35.1 Å². The van der Waals surface area contributed by atoms with Crippen molar-refractivity contribution < 1.29 is 41.8 Å². The Morgan fingerprint density at radius 1 is 1.02 bits per heavy atom. The van der Waals surface area contributed by atoms with Gasteiger partial charge >= 0.3 is 6.09 Å². The molecule has 2 saturated carbocycles. The Morgan fingerprint density at radius 3 is 2.54 bits per heavy atom. The van der Waals surface area contributed by atoms with Gasteiger partial charge in [-0.05, 0) is 77.3 Å². The lowest BCUT2D eigenvalue weighted by Gasteiger charge is -2.30. The minimum atomic E-state index is -3.95. The SMILES string of the molecule is COc1ccc2c(O[C@@H]3C[C@H]4C(=O)N[C@]5(C(=O)NS(C)(=O)=O)C[C@@H]5/C=C\CCCCC[C@H](NC(=O)OC5CCCC5)C(=O)N4C3)cc(-c3csc(NC(C)C)n3)nc2c1. The van der Waals surface area contributed by atoms with E-state index in [1.54, 1.807) is 25.3 Å². The number of alkyl carbamates (subject to hydrolysis) is 1. The van der Waals surface area contributed by atoms with Crippen LogP contribution in [-0.2, 0) is 29.1 Å². The average Bonchev–Trinajstić information content (AvgIpc) is 3.61. The van der Waals surface area contributed by atoms with E-state index in [-0.39, 0.29) is 31.5 Å². The van der Waals surface area contributed by atoms with Crippen molar-refractivity contribution in [2.24, 2.45) is 5.92 Å². The fourth-order valence-corrected chi connectivity index (χ4v) is 9.55. The minimum absolute atomic E-state index is 0.0207. The number of nitrogens with one attached hydrogen (secondary N) is 4. The number of sulfonamides is 1. The zero-order valence-corrected chi connectivity index (χ0v) is 35.5. The first kappa shape index (κ1) is 42.2. The van der Waals surface area contributed by atoms with Gasteiger partial charge in [0.15, 0.2) is 5.13 Å². The van der Waals surface area contributed by atoms with Gasteiger partial charge in [-0.25, -0.2) is 23.2 Å². The lowest BCUT2D eigenvalue weighted by molar-refractivity contribution is -0.141. The summed E-state index contributed by atoms with van der Waals surface area (Å²) in [6, 6.07) is 5.27. The smallest absolute Gasteiger partial charge is 0.408 e. The fraction of sp³-hybridized carbons (Fsp3) is 0.561. The third-order valence-electron chi connectivity index (χ3n) is 11.2. The van der Waals surface area contributed by atoms with Crippen molar-refractivity contribution in [1.82, 2.24) is 30.2 Å². The van der Waals surface area contributed by atoms with Crippen LogP contribution in [0.15, 0.2) is 41.8 Å². The van der Waals surface area contributed by atoms with E-state index >= 15 is 0 Å². The number of rotatable bonds is 10. The molecule has 0 unspecified atom stereocenters. The lowest BCUT2D eigenvalue weighted by atomic mass is 10.0. The monoisotopic (exact) mass is 851 g/mol. The summed E-state index contributed by atoms with van der Waals surface area (Å²) in [6.45, 7) is 4.03. The second kappa shape index (κ2) is 17.7. The zero-order chi connectivity index (χ0) is 41.9. The van der Waals surface area contributed by atoms with Crippen molar-refractivity contribution in [2.45, 2.75) is 120 Å². The van der Waals surface area contributed by atoms with Gasteiger partial charge in [-0.2, -0.15) is 0 Å². The molecule has 3 fully saturated rings. The highest BCUT2D eigenvalue weighted by atomic mass is 32.2. The molecule has 4 amide bonds. The molecule has 59 heavy (non-hydrogen) atoms. The molecule has 4 N–H and O–H groups in total. The number of fused-ring (bicyclic) bond motifs is 3.